The largest absolute Gasteiger partial charge is 0.453 e. The van der Waals surface area contributed by atoms with Crippen LogP contribution in [0, 0.1) is 5.82 Å². The zero-order valence-electron chi connectivity index (χ0n) is 9.87. The molecular formula is C13H9ClFNO3. The van der Waals surface area contributed by atoms with Crippen molar-refractivity contribution in [3.63, 3.8) is 0 Å². The van der Waals surface area contributed by atoms with Gasteiger partial charge in [-0.3, -0.25) is 9.59 Å². The molecule has 1 heterocycles. The smallest absolute Gasteiger partial charge is 0.221 e. The van der Waals surface area contributed by atoms with E-state index >= 15 is 0 Å². The average Bonchev–Trinajstić information content (AvgIpc) is 2.82. The number of furan rings is 1. The molecule has 0 saturated carbocycles. The Morgan fingerprint density at radius 1 is 1.42 bits per heavy atom. The molecule has 0 fully saturated rings. The van der Waals surface area contributed by atoms with E-state index in [0.29, 0.717) is 17.6 Å². The summed E-state index contributed by atoms with van der Waals surface area (Å²) in [5.41, 5.74) is 0.296. The molecule has 0 aliphatic rings. The highest BCUT2D eigenvalue weighted by molar-refractivity contribution is 6.34. The van der Waals surface area contributed by atoms with Crippen molar-refractivity contribution >= 4 is 29.5 Å². The van der Waals surface area contributed by atoms with Crippen LogP contribution in [-0.2, 0) is 4.79 Å². The predicted octanol–water partition coefficient (Wildman–Crippen LogP) is 3.51. The van der Waals surface area contributed by atoms with Crippen LogP contribution >= 0.6 is 11.6 Å². The first-order valence-electron chi connectivity index (χ1n) is 5.33. The summed E-state index contributed by atoms with van der Waals surface area (Å²) in [6.45, 7) is 1.26. The number of anilines is 1. The highest BCUT2D eigenvalue weighted by atomic mass is 35.5. The quantitative estimate of drug-likeness (QED) is 0.876. The first-order valence-corrected chi connectivity index (χ1v) is 5.71. The zero-order chi connectivity index (χ0) is 14.0. The van der Waals surface area contributed by atoms with E-state index in [2.05, 4.69) is 5.32 Å². The number of aldehydes is 1. The first-order chi connectivity index (χ1) is 9.01. The molecule has 19 heavy (non-hydrogen) atoms. The zero-order valence-corrected chi connectivity index (χ0v) is 10.6. The summed E-state index contributed by atoms with van der Waals surface area (Å²) in [5.74, 6) is -0.647. The molecule has 4 nitrogen and oxygen atoms in total. The van der Waals surface area contributed by atoms with Crippen LogP contribution < -0.4 is 5.32 Å². The number of rotatable bonds is 3. The summed E-state index contributed by atoms with van der Waals surface area (Å²) >= 11 is 5.90. The standard InChI is InChI=1S/C13H9ClFNO3/c1-7(18)16-13-10(14)4-8(5-11(13)15)12-3-2-9(6-17)19-12/h2-6H,1H3,(H,16,18). The number of amides is 1. The molecule has 2 rings (SSSR count). The maximum absolute atomic E-state index is 13.8. The minimum atomic E-state index is -0.679. The van der Waals surface area contributed by atoms with Gasteiger partial charge in [-0.25, -0.2) is 4.39 Å². The topological polar surface area (TPSA) is 59.3 Å². The average molecular weight is 282 g/mol. The van der Waals surface area contributed by atoms with Gasteiger partial charge in [-0.2, -0.15) is 0 Å². The van der Waals surface area contributed by atoms with E-state index in [4.69, 9.17) is 16.0 Å². The number of carbonyl (C=O) groups is 2. The van der Waals surface area contributed by atoms with E-state index in [9.17, 15) is 14.0 Å². The fourth-order valence-electron chi connectivity index (χ4n) is 1.58. The van der Waals surface area contributed by atoms with Crippen molar-refractivity contribution in [2.75, 3.05) is 5.32 Å². The number of hydrogen-bond donors (Lipinski definition) is 1. The summed E-state index contributed by atoms with van der Waals surface area (Å²) in [4.78, 5) is 21.4. The second kappa shape index (κ2) is 5.24. The third kappa shape index (κ3) is 2.82. The van der Waals surface area contributed by atoms with Gasteiger partial charge in [-0.1, -0.05) is 11.6 Å². The van der Waals surface area contributed by atoms with E-state index in [-0.39, 0.29) is 16.5 Å². The molecule has 0 aliphatic heterocycles. The molecule has 0 saturated heterocycles. The van der Waals surface area contributed by atoms with Crippen LogP contribution in [0.15, 0.2) is 28.7 Å². The van der Waals surface area contributed by atoms with Gasteiger partial charge in [-0.15, -0.1) is 0 Å². The Morgan fingerprint density at radius 2 is 2.16 bits per heavy atom. The van der Waals surface area contributed by atoms with Crippen molar-refractivity contribution in [3.05, 3.63) is 40.9 Å². The molecule has 6 heteroatoms. The van der Waals surface area contributed by atoms with Crippen molar-refractivity contribution in [3.8, 4) is 11.3 Å². The van der Waals surface area contributed by atoms with Crippen LogP contribution in [0.1, 0.15) is 17.5 Å². The summed E-state index contributed by atoms with van der Waals surface area (Å²) in [7, 11) is 0. The highest BCUT2D eigenvalue weighted by Crippen LogP contribution is 2.32. The van der Waals surface area contributed by atoms with Gasteiger partial charge in [0.05, 0.1) is 10.7 Å². The fourth-order valence-corrected chi connectivity index (χ4v) is 1.84. The van der Waals surface area contributed by atoms with Crippen molar-refractivity contribution in [1.82, 2.24) is 0 Å². The maximum Gasteiger partial charge on any atom is 0.221 e. The van der Waals surface area contributed by atoms with Gasteiger partial charge in [0.2, 0.25) is 5.91 Å². The van der Waals surface area contributed by atoms with Gasteiger partial charge in [0.1, 0.15) is 11.6 Å². The molecule has 1 N–H and O–H groups in total. The SMILES string of the molecule is CC(=O)Nc1c(F)cc(-c2ccc(C=O)o2)cc1Cl. The van der Waals surface area contributed by atoms with E-state index in [1.54, 1.807) is 0 Å². The second-order valence-electron chi connectivity index (χ2n) is 3.82. The van der Waals surface area contributed by atoms with Crippen LogP contribution in [-0.4, -0.2) is 12.2 Å². The second-order valence-corrected chi connectivity index (χ2v) is 4.22. The molecule has 0 bridgehead atoms. The van der Waals surface area contributed by atoms with E-state index < -0.39 is 11.7 Å². The van der Waals surface area contributed by atoms with Crippen molar-refractivity contribution in [1.29, 1.82) is 0 Å². The minimum Gasteiger partial charge on any atom is -0.453 e. The molecular weight excluding hydrogens is 273 g/mol. The van der Waals surface area contributed by atoms with Crippen LogP contribution in [0.4, 0.5) is 10.1 Å². The Kier molecular flexibility index (Phi) is 3.66. The van der Waals surface area contributed by atoms with E-state index in [0.717, 1.165) is 0 Å². The third-order valence-electron chi connectivity index (χ3n) is 2.37. The molecule has 0 spiro atoms. The molecule has 98 valence electrons. The lowest BCUT2D eigenvalue weighted by Gasteiger charge is -2.08. The van der Waals surface area contributed by atoms with Gasteiger partial charge < -0.3 is 9.73 Å². The number of hydrogen-bond acceptors (Lipinski definition) is 3. The predicted molar refractivity (Wildman–Crippen MR) is 68.8 cm³/mol. The Bertz CT molecular complexity index is 628. The minimum absolute atomic E-state index is 0.0502. The third-order valence-corrected chi connectivity index (χ3v) is 2.67. The maximum atomic E-state index is 13.8. The molecule has 2 aromatic rings. The Balaban J connectivity index is 2.44. The van der Waals surface area contributed by atoms with E-state index in [1.807, 2.05) is 0 Å². The Labute approximate surface area is 113 Å². The number of nitrogens with one attached hydrogen (secondary N) is 1. The van der Waals surface area contributed by atoms with Crippen molar-refractivity contribution < 1.29 is 18.4 Å². The molecule has 0 aliphatic carbocycles. The summed E-state index contributed by atoms with van der Waals surface area (Å²) in [5, 5.41) is 2.35. The Morgan fingerprint density at radius 3 is 2.68 bits per heavy atom. The van der Waals surface area contributed by atoms with Gasteiger partial charge in [0.15, 0.2) is 12.0 Å². The summed E-state index contributed by atoms with van der Waals surface area (Å²) < 4.78 is 19.0. The lowest BCUT2D eigenvalue weighted by molar-refractivity contribution is -0.114. The molecule has 0 radical (unpaired) electrons. The molecule has 0 atom stereocenters. The fraction of sp³-hybridized carbons (Fsp3) is 0.0769. The molecule has 1 aromatic carbocycles. The number of benzene rings is 1. The van der Waals surface area contributed by atoms with Gasteiger partial charge in [-0.05, 0) is 24.3 Å². The van der Waals surface area contributed by atoms with Crippen LogP contribution in [0.2, 0.25) is 5.02 Å². The van der Waals surface area contributed by atoms with Crippen LogP contribution in [0.5, 0.6) is 0 Å². The molecule has 1 amide bonds. The Hall–Kier alpha value is -2.14. The van der Waals surface area contributed by atoms with Crippen LogP contribution in [0.3, 0.4) is 0 Å². The summed E-state index contributed by atoms with van der Waals surface area (Å²) in [6.07, 6.45) is 0.549. The van der Waals surface area contributed by atoms with Gasteiger partial charge in [0.25, 0.3) is 0 Å². The lowest BCUT2D eigenvalue weighted by atomic mass is 10.1. The number of halogens is 2. The van der Waals surface area contributed by atoms with Gasteiger partial charge in [0, 0.05) is 12.5 Å². The monoisotopic (exact) mass is 281 g/mol. The lowest BCUT2D eigenvalue weighted by Crippen LogP contribution is -2.08. The van der Waals surface area contributed by atoms with Crippen molar-refractivity contribution in [2.45, 2.75) is 6.92 Å². The first kappa shape index (κ1) is 13.3. The van der Waals surface area contributed by atoms with E-state index in [1.165, 1.54) is 31.2 Å². The van der Waals surface area contributed by atoms with Gasteiger partial charge >= 0.3 is 0 Å². The number of carbonyl (C=O) groups excluding carboxylic acids is 2. The summed E-state index contributed by atoms with van der Waals surface area (Å²) in [6, 6.07) is 5.62. The van der Waals surface area contributed by atoms with Crippen molar-refractivity contribution in [2.24, 2.45) is 0 Å². The molecule has 0 unspecified atom stereocenters. The molecule has 1 aromatic heterocycles. The van der Waals surface area contributed by atoms with Crippen LogP contribution in [0.25, 0.3) is 11.3 Å². The highest BCUT2D eigenvalue weighted by Gasteiger charge is 2.13. The normalized spacial score (nSPS) is 10.3.